The molecule has 4 rings (SSSR count). The molecule has 2 heterocycles. The summed E-state index contributed by atoms with van der Waals surface area (Å²) in [5.41, 5.74) is 2.15. The number of carbonyl (C=O) groups excluding carboxylic acids is 2. The highest BCUT2D eigenvalue weighted by Crippen LogP contribution is 2.41. The number of ketones is 1. The number of hydrogen-bond acceptors (Lipinski definition) is 5. The van der Waals surface area contributed by atoms with E-state index in [0.717, 1.165) is 24.0 Å². The van der Waals surface area contributed by atoms with Crippen molar-refractivity contribution < 1.29 is 24.2 Å². The second-order valence-electron chi connectivity index (χ2n) is 7.70. The number of methoxy groups -OCH3 is 1. The van der Waals surface area contributed by atoms with Crippen LogP contribution >= 0.6 is 0 Å². The number of likely N-dealkylation sites (tertiary alicyclic amines) is 1. The molecule has 2 aliphatic heterocycles. The largest absolute Gasteiger partial charge is 0.507 e. The maximum atomic E-state index is 13.1. The van der Waals surface area contributed by atoms with E-state index in [1.54, 1.807) is 12.1 Å². The Morgan fingerprint density at radius 1 is 1.20 bits per heavy atom. The second kappa shape index (κ2) is 8.32. The van der Waals surface area contributed by atoms with Crippen molar-refractivity contribution in [3.8, 4) is 5.75 Å². The van der Waals surface area contributed by atoms with Crippen LogP contribution in [0.15, 0.2) is 54.1 Å². The number of hydrogen-bond donors (Lipinski definition) is 1. The molecule has 1 amide bonds. The molecule has 0 radical (unpaired) electrons. The van der Waals surface area contributed by atoms with Crippen molar-refractivity contribution in [1.29, 1.82) is 0 Å². The maximum absolute atomic E-state index is 13.1. The predicted octanol–water partition coefficient (Wildman–Crippen LogP) is 3.60. The van der Waals surface area contributed by atoms with Gasteiger partial charge in [-0.2, -0.15) is 0 Å². The van der Waals surface area contributed by atoms with Crippen LogP contribution in [0.1, 0.15) is 35.6 Å². The first-order chi connectivity index (χ1) is 14.5. The van der Waals surface area contributed by atoms with Gasteiger partial charge in [0.25, 0.3) is 11.7 Å². The number of rotatable bonds is 5. The van der Waals surface area contributed by atoms with E-state index in [1.807, 2.05) is 43.3 Å². The number of aryl methyl sites for hydroxylation is 1. The Hall–Kier alpha value is -3.12. The Balaban J connectivity index is 1.86. The number of Topliss-reactive ketones (excluding diaryl/α,β-unsaturated/α-hetero) is 1. The molecule has 0 spiro atoms. The van der Waals surface area contributed by atoms with Crippen molar-refractivity contribution in [3.63, 3.8) is 0 Å². The normalized spacial score (nSPS) is 23.2. The van der Waals surface area contributed by atoms with Crippen LogP contribution < -0.4 is 4.74 Å². The summed E-state index contributed by atoms with van der Waals surface area (Å²) in [5, 5.41) is 11.2. The second-order valence-corrected chi connectivity index (χ2v) is 7.70. The van der Waals surface area contributed by atoms with E-state index >= 15 is 0 Å². The summed E-state index contributed by atoms with van der Waals surface area (Å²) in [6.45, 7) is 2.86. The highest BCUT2D eigenvalue weighted by Gasteiger charge is 2.47. The number of aliphatic hydroxyl groups excluding tert-OH is 1. The van der Waals surface area contributed by atoms with Crippen molar-refractivity contribution in [2.24, 2.45) is 0 Å². The van der Waals surface area contributed by atoms with Crippen molar-refractivity contribution >= 4 is 17.4 Å². The fourth-order valence-corrected chi connectivity index (χ4v) is 4.21. The smallest absolute Gasteiger partial charge is 0.295 e. The molecule has 156 valence electrons. The van der Waals surface area contributed by atoms with E-state index in [1.165, 1.54) is 12.0 Å². The molecule has 1 N–H and O–H groups in total. The standard InChI is InChI=1S/C24H25NO5/c1-15-10-11-19(29-2)18(13-15)22(26)20-21(16-7-4-3-5-8-16)25(24(28)23(20)27)14-17-9-6-12-30-17/h3-5,7-8,10-11,13,17,21,26H,6,9,12,14H2,1-2H3/b22-20+. The molecule has 2 aromatic carbocycles. The summed E-state index contributed by atoms with van der Waals surface area (Å²) in [4.78, 5) is 27.6. The molecule has 0 aliphatic carbocycles. The summed E-state index contributed by atoms with van der Waals surface area (Å²) >= 11 is 0. The van der Waals surface area contributed by atoms with Gasteiger partial charge in [-0.15, -0.1) is 0 Å². The van der Waals surface area contributed by atoms with Gasteiger partial charge < -0.3 is 19.5 Å². The minimum Gasteiger partial charge on any atom is -0.507 e. The number of ether oxygens (including phenoxy) is 2. The zero-order valence-corrected chi connectivity index (χ0v) is 17.1. The van der Waals surface area contributed by atoms with Crippen LogP contribution in [0.2, 0.25) is 0 Å². The minimum absolute atomic E-state index is 0.0769. The Kier molecular flexibility index (Phi) is 5.59. The molecular weight excluding hydrogens is 382 g/mol. The van der Waals surface area contributed by atoms with Crippen LogP contribution in [0.3, 0.4) is 0 Å². The van der Waals surface area contributed by atoms with E-state index in [-0.39, 0.29) is 17.4 Å². The van der Waals surface area contributed by atoms with E-state index < -0.39 is 17.7 Å². The summed E-state index contributed by atoms with van der Waals surface area (Å²) in [7, 11) is 1.51. The Labute approximate surface area is 175 Å². The number of aliphatic hydroxyl groups is 1. The van der Waals surface area contributed by atoms with E-state index in [0.29, 0.717) is 24.5 Å². The molecule has 0 bridgehead atoms. The van der Waals surface area contributed by atoms with Gasteiger partial charge in [0.15, 0.2) is 0 Å². The highest BCUT2D eigenvalue weighted by atomic mass is 16.5. The van der Waals surface area contributed by atoms with Crippen LogP contribution in [-0.4, -0.2) is 48.1 Å². The van der Waals surface area contributed by atoms with Crippen molar-refractivity contribution in [2.75, 3.05) is 20.3 Å². The number of benzene rings is 2. The lowest BCUT2D eigenvalue weighted by atomic mass is 9.94. The molecule has 0 saturated carbocycles. The van der Waals surface area contributed by atoms with Crippen molar-refractivity contribution in [1.82, 2.24) is 4.90 Å². The summed E-state index contributed by atoms with van der Waals surface area (Å²) in [5.74, 6) is -1.09. The Morgan fingerprint density at radius 3 is 2.63 bits per heavy atom. The molecule has 2 aromatic rings. The fraction of sp³-hybridized carbons (Fsp3) is 0.333. The summed E-state index contributed by atoms with van der Waals surface area (Å²) in [6, 6.07) is 14.0. The zero-order chi connectivity index (χ0) is 21.3. The topological polar surface area (TPSA) is 76.1 Å². The fourth-order valence-electron chi connectivity index (χ4n) is 4.21. The molecule has 2 atom stereocenters. The third kappa shape index (κ3) is 3.59. The Morgan fingerprint density at radius 2 is 1.97 bits per heavy atom. The van der Waals surface area contributed by atoms with E-state index in [2.05, 4.69) is 0 Å². The van der Waals surface area contributed by atoms with Crippen LogP contribution in [0.25, 0.3) is 5.76 Å². The lowest BCUT2D eigenvalue weighted by Crippen LogP contribution is -2.36. The van der Waals surface area contributed by atoms with Gasteiger partial charge in [0.1, 0.15) is 11.5 Å². The van der Waals surface area contributed by atoms with Gasteiger partial charge in [-0.05, 0) is 37.5 Å². The zero-order valence-electron chi connectivity index (χ0n) is 17.1. The van der Waals surface area contributed by atoms with Gasteiger partial charge in [0.2, 0.25) is 0 Å². The average Bonchev–Trinajstić information content (AvgIpc) is 3.36. The van der Waals surface area contributed by atoms with Crippen molar-refractivity contribution in [3.05, 3.63) is 70.8 Å². The quantitative estimate of drug-likeness (QED) is 0.466. The van der Waals surface area contributed by atoms with Gasteiger partial charge in [-0.1, -0.05) is 42.0 Å². The third-order valence-electron chi connectivity index (χ3n) is 5.69. The van der Waals surface area contributed by atoms with Crippen LogP contribution in [-0.2, 0) is 14.3 Å². The van der Waals surface area contributed by atoms with Crippen LogP contribution in [0.4, 0.5) is 0 Å². The molecule has 2 saturated heterocycles. The third-order valence-corrected chi connectivity index (χ3v) is 5.69. The molecule has 30 heavy (non-hydrogen) atoms. The van der Waals surface area contributed by atoms with Crippen LogP contribution in [0.5, 0.6) is 5.75 Å². The first kappa shape index (κ1) is 20.2. The summed E-state index contributed by atoms with van der Waals surface area (Å²) in [6.07, 6.45) is 1.67. The highest BCUT2D eigenvalue weighted by molar-refractivity contribution is 6.46. The number of amides is 1. The number of nitrogens with zero attached hydrogens (tertiary/aromatic N) is 1. The Bertz CT molecular complexity index is 992. The maximum Gasteiger partial charge on any atom is 0.295 e. The SMILES string of the molecule is COc1ccc(C)cc1/C(O)=C1\C(=O)C(=O)N(CC2CCCO2)C1c1ccccc1. The molecule has 2 aliphatic rings. The monoisotopic (exact) mass is 407 g/mol. The first-order valence-electron chi connectivity index (χ1n) is 10.1. The first-order valence-corrected chi connectivity index (χ1v) is 10.1. The van der Waals surface area contributed by atoms with Gasteiger partial charge in [-0.25, -0.2) is 0 Å². The molecule has 6 nitrogen and oxygen atoms in total. The van der Waals surface area contributed by atoms with Gasteiger partial charge in [0.05, 0.1) is 30.4 Å². The minimum atomic E-state index is -0.692. The lowest BCUT2D eigenvalue weighted by Gasteiger charge is -2.27. The van der Waals surface area contributed by atoms with E-state index in [4.69, 9.17) is 9.47 Å². The van der Waals surface area contributed by atoms with Gasteiger partial charge >= 0.3 is 0 Å². The average molecular weight is 407 g/mol. The lowest BCUT2D eigenvalue weighted by molar-refractivity contribution is -0.140. The molecule has 2 unspecified atom stereocenters. The number of carbonyl (C=O) groups is 2. The van der Waals surface area contributed by atoms with E-state index in [9.17, 15) is 14.7 Å². The van der Waals surface area contributed by atoms with Crippen molar-refractivity contribution in [2.45, 2.75) is 31.9 Å². The molecule has 6 heteroatoms. The molecule has 0 aromatic heterocycles. The van der Waals surface area contributed by atoms with Gasteiger partial charge in [-0.3, -0.25) is 9.59 Å². The van der Waals surface area contributed by atoms with Crippen LogP contribution in [0, 0.1) is 6.92 Å². The predicted molar refractivity (Wildman–Crippen MR) is 112 cm³/mol. The summed E-state index contributed by atoms with van der Waals surface area (Å²) < 4.78 is 11.1. The molecular formula is C24H25NO5. The van der Waals surface area contributed by atoms with Gasteiger partial charge in [0, 0.05) is 13.2 Å². The molecule has 2 fully saturated rings.